The van der Waals surface area contributed by atoms with Crippen LogP contribution in [-0.4, -0.2) is 27.8 Å². The third kappa shape index (κ3) is 4.47. The average Bonchev–Trinajstić information content (AvgIpc) is 2.70. The lowest BCUT2D eigenvalue weighted by atomic mass is 10.0. The molecule has 27 heavy (non-hydrogen) atoms. The molecule has 1 atom stereocenters. The third-order valence-electron chi connectivity index (χ3n) is 4.23. The van der Waals surface area contributed by atoms with E-state index in [2.05, 4.69) is 9.97 Å². The fraction of sp³-hybridized carbons (Fsp3) is 0.238. The lowest BCUT2D eigenvalue weighted by molar-refractivity contribution is -0.147. The highest BCUT2D eigenvalue weighted by molar-refractivity contribution is 6.00. The summed E-state index contributed by atoms with van der Waals surface area (Å²) in [6.45, 7) is 1.79. The van der Waals surface area contributed by atoms with Crippen LogP contribution in [0.2, 0.25) is 0 Å². The third-order valence-corrected chi connectivity index (χ3v) is 4.23. The van der Waals surface area contributed by atoms with Gasteiger partial charge in [0.05, 0.1) is 17.5 Å². The first kappa shape index (κ1) is 18.5. The Kier molecular flexibility index (Phi) is 5.76. The van der Waals surface area contributed by atoms with Crippen LogP contribution in [0.15, 0.2) is 59.4 Å². The van der Waals surface area contributed by atoms with Crippen molar-refractivity contribution in [3.05, 3.63) is 76.2 Å². The van der Waals surface area contributed by atoms with Gasteiger partial charge in [-0.1, -0.05) is 49.4 Å². The van der Waals surface area contributed by atoms with Crippen molar-refractivity contribution in [1.29, 1.82) is 0 Å². The summed E-state index contributed by atoms with van der Waals surface area (Å²) >= 11 is 0. The number of aryl methyl sites for hydroxylation is 1. The number of carbonyl (C=O) groups excluding carboxylic acids is 2. The van der Waals surface area contributed by atoms with Crippen LogP contribution < -0.4 is 5.56 Å². The van der Waals surface area contributed by atoms with Crippen LogP contribution >= 0.6 is 0 Å². The number of H-pyrrole nitrogens is 1. The number of esters is 1. The smallest absolute Gasteiger partial charge is 0.306 e. The van der Waals surface area contributed by atoms with Gasteiger partial charge in [0, 0.05) is 12.0 Å². The average molecular weight is 364 g/mol. The van der Waals surface area contributed by atoms with E-state index in [-0.39, 0.29) is 29.9 Å². The van der Waals surface area contributed by atoms with Gasteiger partial charge >= 0.3 is 5.97 Å². The molecule has 1 N–H and O–H groups in total. The largest absolute Gasteiger partial charge is 0.454 e. The standard InChI is InChI=1S/C21H20N2O4/c1-2-18(20(25)14-8-4-3-5-9-14)27-19(24)13-12-17-21(26)23-16-11-7-6-10-15(16)22-17/h3-11,18H,2,12-13H2,1H3,(H,23,26)/t18-/m1/s1. The number of rotatable bonds is 7. The highest BCUT2D eigenvalue weighted by Crippen LogP contribution is 2.11. The number of nitrogens with zero attached hydrogens (tertiary/aromatic N) is 1. The van der Waals surface area contributed by atoms with E-state index >= 15 is 0 Å². The zero-order chi connectivity index (χ0) is 19.2. The Balaban J connectivity index is 1.64. The first-order valence-electron chi connectivity index (χ1n) is 8.85. The van der Waals surface area contributed by atoms with E-state index in [1.54, 1.807) is 43.3 Å². The summed E-state index contributed by atoms with van der Waals surface area (Å²) < 4.78 is 5.34. The number of Topliss-reactive ketones (excluding diaryl/α,β-unsaturated/α-hetero) is 1. The first-order valence-corrected chi connectivity index (χ1v) is 8.85. The molecular formula is C21H20N2O4. The summed E-state index contributed by atoms with van der Waals surface area (Å²) in [5.74, 6) is -0.756. The number of aromatic nitrogens is 2. The Morgan fingerprint density at radius 2 is 1.78 bits per heavy atom. The van der Waals surface area contributed by atoms with Gasteiger partial charge in [0.25, 0.3) is 5.56 Å². The quantitative estimate of drug-likeness (QED) is 0.514. The van der Waals surface area contributed by atoms with Gasteiger partial charge in [-0.05, 0) is 18.6 Å². The molecule has 1 heterocycles. The minimum absolute atomic E-state index is 0.0208. The Bertz CT molecular complexity index is 1010. The van der Waals surface area contributed by atoms with Crippen LogP contribution in [0.4, 0.5) is 0 Å². The molecule has 0 aliphatic heterocycles. The lowest BCUT2D eigenvalue weighted by Gasteiger charge is -2.15. The molecule has 0 fully saturated rings. The summed E-state index contributed by atoms with van der Waals surface area (Å²) in [4.78, 5) is 43.8. The van der Waals surface area contributed by atoms with Gasteiger partial charge in [-0.15, -0.1) is 0 Å². The summed E-state index contributed by atoms with van der Waals surface area (Å²) in [6.07, 6.45) is -0.321. The second kappa shape index (κ2) is 8.40. The maximum Gasteiger partial charge on any atom is 0.306 e. The summed E-state index contributed by atoms with van der Waals surface area (Å²) in [6, 6.07) is 15.9. The van der Waals surface area contributed by atoms with Crippen molar-refractivity contribution in [3.63, 3.8) is 0 Å². The molecule has 0 spiro atoms. The van der Waals surface area contributed by atoms with E-state index in [9.17, 15) is 14.4 Å². The number of para-hydroxylation sites is 2. The topological polar surface area (TPSA) is 89.1 Å². The molecule has 6 heteroatoms. The van der Waals surface area contributed by atoms with Crippen molar-refractivity contribution in [3.8, 4) is 0 Å². The van der Waals surface area contributed by atoms with E-state index in [0.717, 1.165) is 0 Å². The normalized spacial score (nSPS) is 11.9. The number of hydrogen-bond donors (Lipinski definition) is 1. The molecular weight excluding hydrogens is 344 g/mol. The zero-order valence-corrected chi connectivity index (χ0v) is 15.0. The van der Waals surface area contributed by atoms with Gasteiger partial charge in [0.2, 0.25) is 5.78 Å². The number of carbonyl (C=O) groups is 2. The van der Waals surface area contributed by atoms with Crippen molar-refractivity contribution >= 4 is 22.8 Å². The molecule has 0 amide bonds. The first-order chi connectivity index (χ1) is 13.1. The van der Waals surface area contributed by atoms with Crippen molar-refractivity contribution in [2.24, 2.45) is 0 Å². The van der Waals surface area contributed by atoms with Gasteiger partial charge < -0.3 is 9.72 Å². The molecule has 0 aliphatic rings. The van der Waals surface area contributed by atoms with E-state index in [4.69, 9.17) is 4.74 Å². The maximum absolute atomic E-state index is 12.4. The second-order valence-electron chi connectivity index (χ2n) is 6.15. The molecule has 2 aromatic carbocycles. The van der Waals surface area contributed by atoms with Crippen LogP contribution in [-0.2, 0) is 16.0 Å². The van der Waals surface area contributed by atoms with Crippen LogP contribution in [0.25, 0.3) is 11.0 Å². The highest BCUT2D eigenvalue weighted by atomic mass is 16.5. The second-order valence-corrected chi connectivity index (χ2v) is 6.15. The summed E-state index contributed by atoms with van der Waals surface area (Å²) in [5, 5.41) is 0. The number of aromatic amines is 1. The Morgan fingerprint density at radius 3 is 2.52 bits per heavy atom. The van der Waals surface area contributed by atoms with E-state index < -0.39 is 12.1 Å². The van der Waals surface area contributed by atoms with E-state index in [0.29, 0.717) is 23.0 Å². The maximum atomic E-state index is 12.4. The Labute approximate surface area is 156 Å². The van der Waals surface area contributed by atoms with Crippen LogP contribution in [0.3, 0.4) is 0 Å². The fourth-order valence-electron chi connectivity index (χ4n) is 2.79. The van der Waals surface area contributed by atoms with Crippen LogP contribution in [0.5, 0.6) is 0 Å². The van der Waals surface area contributed by atoms with E-state index in [1.165, 1.54) is 0 Å². The Hall–Kier alpha value is -3.28. The van der Waals surface area contributed by atoms with Crippen molar-refractivity contribution in [2.45, 2.75) is 32.3 Å². The number of hydrogen-bond acceptors (Lipinski definition) is 5. The van der Waals surface area contributed by atoms with Gasteiger partial charge in [0.1, 0.15) is 5.69 Å². The van der Waals surface area contributed by atoms with E-state index in [1.807, 2.05) is 18.2 Å². The molecule has 6 nitrogen and oxygen atoms in total. The van der Waals surface area contributed by atoms with Crippen molar-refractivity contribution in [2.75, 3.05) is 0 Å². The molecule has 3 rings (SSSR count). The molecule has 0 saturated carbocycles. The SMILES string of the molecule is CC[C@@H](OC(=O)CCc1nc2ccccc2[nH]c1=O)C(=O)c1ccccc1. The molecule has 0 saturated heterocycles. The predicted molar refractivity (Wildman–Crippen MR) is 102 cm³/mol. The van der Waals surface area contributed by atoms with Crippen molar-refractivity contribution in [1.82, 2.24) is 9.97 Å². The number of benzene rings is 2. The number of fused-ring (bicyclic) bond motifs is 1. The minimum Gasteiger partial charge on any atom is -0.454 e. The number of nitrogens with one attached hydrogen (secondary N) is 1. The minimum atomic E-state index is -0.831. The molecule has 0 radical (unpaired) electrons. The molecule has 3 aromatic rings. The molecule has 0 aliphatic carbocycles. The summed E-state index contributed by atoms with van der Waals surface area (Å²) in [7, 11) is 0. The lowest BCUT2D eigenvalue weighted by Crippen LogP contribution is -2.27. The predicted octanol–water partition coefficient (Wildman–Crippen LogP) is 3.06. The van der Waals surface area contributed by atoms with Gasteiger partial charge in [-0.3, -0.25) is 14.4 Å². The Morgan fingerprint density at radius 1 is 1.07 bits per heavy atom. The van der Waals surface area contributed by atoms with Crippen molar-refractivity contribution < 1.29 is 14.3 Å². The van der Waals surface area contributed by atoms with Gasteiger partial charge in [0.15, 0.2) is 6.10 Å². The van der Waals surface area contributed by atoms with Gasteiger partial charge in [-0.2, -0.15) is 0 Å². The van der Waals surface area contributed by atoms with Crippen LogP contribution in [0.1, 0.15) is 35.8 Å². The van der Waals surface area contributed by atoms with Crippen LogP contribution in [0, 0.1) is 0 Å². The monoisotopic (exact) mass is 364 g/mol. The zero-order valence-electron chi connectivity index (χ0n) is 15.0. The number of ketones is 1. The fourth-order valence-corrected chi connectivity index (χ4v) is 2.79. The summed E-state index contributed by atoms with van der Waals surface area (Å²) in [5.41, 5.74) is 1.76. The molecule has 0 unspecified atom stereocenters. The molecule has 138 valence electrons. The molecule has 1 aromatic heterocycles. The van der Waals surface area contributed by atoms with Gasteiger partial charge in [-0.25, -0.2) is 4.98 Å². The molecule has 0 bridgehead atoms. The number of ether oxygens (including phenoxy) is 1. The highest BCUT2D eigenvalue weighted by Gasteiger charge is 2.22.